The molecule has 1 aromatic carbocycles. The van der Waals surface area contributed by atoms with Crippen LogP contribution in [0.1, 0.15) is 0 Å². The van der Waals surface area contributed by atoms with Crippen LogP contribution in [0.4, 0.5) is 11.4 Å². The molecule has 1 rings (SSSR count). The fraction of sp³-hybridized carbons (Fsp3) is 0.222. The Morgan fingerprint density at radius 3 is 2.54 bits per heavy atom. The summed E-state index contributed by atoms with van der Waals surface area (Å²) in [6.07, 6.45) is 0. The molecule has 0 bridgehead atoms. The van der Waals surface area contributed by atoms with Crippen molar-refractivity contribution in [3.05, 3.63) is 24.3 Å². The summed E-state index contributed by atoms with van der Waals surface area (Å²) in [5.74, 6) is -0.870. The van der Waals surface area contributed by atoms with Gasteiger partial charge in [0.2, 0.25) is 0 Å². The highest BCUT2D eigenvalue weighted by atomic mass is 16.4. The summed E-state index contributed by atoms with van der Waals surface area (Å²) in [7, 11) is 1.79. The van der Waals surface area contributed by atoms with E-state index in [0.29, 0.717) is 0 Å². The van der Waals surface area contributed by atoms with Gasteiger partial charge in [-0.2, -0.15) is 0 Å². The molecule has 0 spiro atoms. The number of hydrogen-bond acceptors (Lipinski definition) is 3. The molecule has 0 saturated heterocycles. The summed E-state index contributed by atoms with van der Waals surface area (Å²) in [6.45, 7) is -0.0707. The molecule has 70 valence electrons. The van der Waals surface area contributed by atoms with E-state index in [1.54, 1.807) is 7.05 Å². The third-order valence-electron chi connectivity index (χ3n) is 1.63. The van der Waals surface area contributed by atoms with Gasteiger partial charge in [-0.15, -0.1) is 0 Å². The van der Waals surface area contributed by atoms with Crippen LogP contribution >= 0.6 is 0 Å². The summed E-state index contributed by atoms with van der Waals surface area (Å²) >= 11 is 0. The Balaban J connectivity index is 2.69. The van der Waals surface area contributed by atoms with Crippen LogP contribution in [0.15, 0.2) is 24.3 Å². The lowest BCUT2D eigenvalue weighted by Gasteiger charge is -2.08. The second-order valence-electron chi connectivity index (χ2n) is 2.54. The fourth-order valence-corrected chi connectivity index (χ4v) is 1.03. The first-order valence-electron chi connectivity index (χ1n) is 3.96. The van der Waals surface area contributed by atoms with Crippen molar-refractivity contribution in [3.8, 4) is 0 Å². The number of carbonyl (C=O) groups is 1. The van der Waals surface area contributed by atoms with E-state index in [2.05, 4.69) is 10.6 Å². The van der Waals surface area contributed by atoms with Gasteiger partial charge in [-0.05, 0) is 12.1 Å². The molecule has 13 heavy (non-hydrogen) atoms. The van der Waals surface area contributed by atoms with Gasteiger partial charge in [0.15, 0.2) is 0 Å². The number of para-hydroxylation sites is 2. The van der Waals surface area contributed by atoms with E-state index in [9.17, 15) is 4.79 Å². The number of benzene rings is 1. The first-order chi connectivity index (χ1) is 6.24. The molecule has 1 aromatic rings. The number of anilines is 2. The minimum atomic E-state index is -0.870. The fourth-order valence-electron chi connectivity index (χ4n) is 1.03. The molecule has 0 amide bonds. The van der Waals surface area contributed by atoms with E-state index < -0.39 is 5.97 Å². The smallest absolute Gasteiger partial charge is 0.322 e. The van der Waals surface area contributed by atoms with Crippen LogP contribution in [0.3, 0.4) is 0 Å². The number of carboxylic acid groups (broad SMARTS) is 1. The zero-order valence-corrected chi connectivity index (χ0v) is 7.37. The van der Waals surface area contributed by atoms with Gasteiger partial charge in [0.05, 0.1) is 11.4 Å². The third-order valence-corrected chi connectivity index (χ3v) is 1.63. The predicted octanol–water partition coefficient (Wildman–Crippen LogP) is 1.22. The molecule has 0 unspecified atom stereocenters. The molecular weight excluding hydrogens is 168 g/mol. The molecule has 0 atom stereocenters. The summed E-state index contributed by atoms with van der Waals surface area (Å²) in [6, 6.07) is 7.45. The van der Waals surface area contributed by atoms with Gasteiger partial charge in [0, 0.05) is 7.05 Å². The maximum atomic E-state index is 10.3. The standard InChI is InChI=1S/C9H12N2O2/c1-10-7-4-2-3-5-8(7)11-6-9(12)13/h2-5,10-11H,6H2,1H3,(H,12,13). The number of rotatable bonds is 4. The highest BCUT2D eigenvalue weighted by Gasteiger charge is 2.00. The van der Waals surface area contributed by atoms with Gasteiger partial charge in [0.1, 0.15) is 6.54 Å². The van der Waals surface area contributed by atoms with Gasteiger partial charge >= 0.3 is 5.97 Å². The number of nitrogens with one attached hydrogen (secondary N) is 2. The summed E-state index contributed by atoms with van der Waals surface area (Å²) in [5.41, 5.74) is 1.69. The molecule has 0 saturated carbocycles. The highest BCUT2D eigenvalue weighted by Crippen LogP contribution is 2.19. The van der Waals surface area contributed by atoms with Crippen LogP contribution in [0.2, 0.25) is 0 Å². The lowest BCUT2D eigenvalue weighted by molar-refractivity contribution is -0.134. The number of hydrogen-bond donors (Lipinski definition) is 3. The Kier molecular flexibility index (Phi) is 3.14. The molecule has 0 radical (unpaired) electrons. The molecule has 4 nitrogen and oxygen atoms in total. The summed E-state index contributed by atoms with van der Waals surface area (Å²) in [5, 5.41) is 14.2. The molecule has 0 heterocycles. The summed E-state index contributed by atoms with van der Waals surface area (Å²) < 4.78 is 0. The van der Waals surface area contributed by atoms with Crippen molar-refractivity contribution in [1.29, 1.82) is 0 Å². The van der Waals surface area contributed by atoms with Crippen LogP contribution in [-0.2, 0) is 4.79 Å². The minimum Gasteiger partial charge on any atom is -0.480 e. The molecule has 0 aromatic heterocycles. The topological polar surface area (TPSA) is 61.4 Å². The monoisotopic (exact) mass is 180 g/mol. The van der Waals surface area contributed by atoms with E-state index in [0.717, 1.165) is 11.4 Å². The van der Waals surface area contributed by atoms with E-state index in [-0.39, 0.29) is 6.54 Å². The van der Waals surface area contributed by atoms with Gasteiger partial charge in [0.25, 0.3) is 0 Å². The van der Waals surface area contributed by atoms with Crippen molar-refractivity contribution >= 4 is 17.3 Å². The average Bonchev–Trinajstić information content (AvgIpc) is 2.15. The molecule has 0 aliphatic rings. The number of carboxylic acids is 1. The lowest BCUT2D eigenvalue weighted by atomic mass is 10.2. The largest absolute Gasteiger partial charge is 0.480 e. The first kappa shape index (κ1) is 9.38. The van der Waals surface area contributed by atoms with Gasteiger partial charge in [-0.1, -0.05) is 12.1 Å². The van der Waals surface area contributed by atoms with Crippen molar-refractivity contribution in [1.82, 2.24) is 0 Å². The van der Waals surface area contributed by atoms with E-state index in [4.69, 9.17) is 5.11 Å². The van der Waals surface area contributed by atoms with Crippen LogP contribution in [-0.4, -0.2) is 24.7 Å². The van der Waals surface area contributed by atoms with E-state index >= 15 is 0 Å². The zero-order chi connectivity index (χ0) is 9.68. The van der Waals surface area contributed by atoms with Crippen LogP contribution in [0.25, 0.3) is 0 Å². The minimum absolute atomic E-state index is 0.0707. The van der Waals surface area contributed by atoms with Crippen LogP contribution < -0.4 is 10.6 Å². The van der Waals surface area contributed by atoms with Crippen molar-refractivity contribution in [3.63, 3.8) is 0 Å². The average molecular weight is 180 g/mol. The second-order valence-corrected chi connectivity index (χ2v) is 2.54. The Hall–Kier alpha value is -1.71. The van der Waals surface area contributed by atoms with Crippen molar-refractivity contribution in [2.75, 3.05) is 24.2 Å². The van der Waals surface area contributed by atoms with Gasteiger partial charge in [-0.25, -0.2) is 0 Å². The lowest BCUT2D eigenvalue weighted by Crippen LogP contribution is -2.13. The third kappa shape index (κ3) is 2.66. The summed E-state index contributed by atoms with van der Waals surface area (Å²) in [4.78, 5) is 10.3. The highest BCUT2D eigenvalue weighted by molar-refractivity contribution is 5.76. The normalized spacial score (nSPS) is 9.31. The maximum absolute atomic E-state index is 10.3. The van der Waals surface area contributed by atoms with Crippen LogP contribution in [0.5, 0.6) is 0 Å². The molecular formula is C9H12N2O2. The van der Waals surface area contributed by atoms with Crippen molar-refractivity contribution < 1.29 is 9.90 Å². The quantitative estimate of drug-likeness (QED) is 0.652. The Bertz CT molecular complexity index is 299. The second kappa shape index (κ2) is 4.35. The van der Waals surface area contributed by atoms with Crippen molar-refractivity contribution in [2.24, 2.45) is 0 Å². The SMILES string of the molecule is CNc1ccccc1NCC(=O)O. The zero-order valence-electron chi connectivity index (χ0n) is 7.37. The van der Waals surface area contributed by atoms with Gasteiger partial charge < -0.3 is 15.7 Å². The van der Waals surface area contributed by atoms with E-state index in [1.807, 2.05) is 24.3 Å². The number of aliphatic carboxylic acids is 1. The molecule has 4 heteroatoms. The molecule has 0 aliphatic heterocycles. The molecule has 0 fully saturated rings. The van der Waals surface area contributed by atoms with Crippen molar-refractivity contribution in [2.45, 2.75) is 0 Å². The molecule has 3 N–H and O–H groups in total. The Labute approximate surface area is 76.6 Å². The van der Waals surface area contributed by atoms with E-state index in [1.165, 1.54) is 0 Å². The predicted molar refractivity (Wildman–Crippen MR) is 52.1 cm³/mol. The van der Waals surface area contributed by atoms with Gasteiger partial charge in [-0.3, -0.25) is 4.79 Å². The Morgan fingerprint density at radius 1 is 1.38 bits per heavy atom. The van der Waals surface area contributed by atoms with Crippen LogP contribution in [0, 0.1) is 0 Å². The first-order valence-corrected chi connectivity index (χ1v) is 3.96. The Morgan fingerprint density at radius 2 is 2.00 bits per heavy atom. The maximum Gasteiger partial charge on any atom is 0.322 e. The molecule has 0 aliphatic carbocycles.